The van der Waals surface area contributed by atoms with Crippen molar-refractivity contribution in [3.63, 3.8) is 0 Å². The fourth-order valence-electron chi connectivity index (χ4n) is 3.35. The molecule has 1 aliphatic heterocycles. The lowest BCUT2D eigenvalue weighted by Gasteiger charge is -2.37. The van der Waals surface area contributed by atoms with Crippen molar-refractivity contribution in [2.45, 2.75) is 32.2 Å². The van der Waals surface area contributed by atoms with Gasteiger partial charge in [0.1, 0.15) is 11.9 Å². The minimum Gasteiger partial charge on any atom is -0.353 e. The molecule has 2 amide bonds. The van der Waals surface area contributed by atoms with Crippen LogP contribution in [-0.4, -0.2) is 35.8 Å². The number of nitrogens with zero attached hydrogens (tertiary/aromatic N) is 1. The monoisotopic (exact) mass is 304 g/mol. The second-order valence-electron chi connectivity index (χ2n) is 6.51. The Labute approximate surface area is 129 Å². The van der Waals surface area contributed by atoms with E-state index in [1.54, 1.807) is 17.0 Å². The smallest absolute Gasteiger partial charge is 0.243 e. The van der Waals surface area contributed by atoms with Crippen molar-refractivity contribution in [2.24, 2.45) is 11.8 Å². The second kappa shape index (κ2) is 5.71. The summed E-state index contributed by atoms with van der Waals surface area (Å²) in [6, 6.07) is 5.98. The zero-order valence-electron chi connectivity index (χ0n) is 12.9. The molecule has 22 heavy (non-hydrogen) atoms. The molecule has 1 aromatic carbocycles. The molecule has 1 aromatic rings. The SMILES string of the molecule is CC(C)[C@@H]1C(=O)NCCN1C(=O)[C@@H]1C[C@H]1c1ccc(F)cc1. The van der Waals surface area contributed by atoms with Crippen molar-refractivity contribution < 1.29 is 14.0 Å². The topological polar surface area (TPSA) is 49.4 Å². The highest BCUT2D eigenvalue weighted by atomic mass is 19.1. The van der Waals surface area contributed by atoms with Crippen LogP contribution in [0.4, 0.5) is 4.39 Å². The van der Waals surface area contributed by atoms with Gasteiger partial charge in [0.2, 0.25) is 11.8 Å². The zero-order valence-corrected chi connectivity index (χ0v) is 12.9. The van der Waals surface area contributed by atoms with Gasteiger partial charge in [-0.3, -0.25) is 9.59 Å². The maximum Gasteiger partial charge on any atom is 0.243 e. The van der Waals surface area contributed by atoms with Gasteiger partial charge in [0.25, 0.3) is 0 Å². The lowest BCUT2D eigenvalue weighted by molar-refractivity contribution is -0.146. The van der Waals surface area contributed by atoms with Crippen LogP contribution in [-0.2, 0) is 9.59 Å². The molecule has 2 fully saturated rings. The molecule has 0 aromatic heterocycles. The summed E-state index contributed by atoms with van der Waals surface area (Å²) in [6.07, 6.45) is 0.785. The van der Waals surface area contributed by atoms with Gasteiger partial charge < -0.3 is 10.2 Å². The summed E-state index contributed by atoms with van der Waals surface area (Å²) >= 11 is 0. The largest absolute Gasteiger partial charge is 0.353 e. The molecule has 0 spiro atoms. The van der Waals surface area contributed by atoms with E-state index in [2.05, 4.69) is 5.32 Å². The first kappa shape index (κ1) is 15.0. The summed E-state index contributed by atoms with van der Waals surface area (Å²) in [5.74, 6) is -0.0907. The summed E-state index contributed by atoms with van der Waals surface area (Å²) < 4.78 is 13.0. The number of carbonyl (C=O) groups excluding carboxylic acids is 2. The Bertz CT molecular complexity index is 585. The van der Waals surface area contributed by atoms with Crippen LogP contribution in [0.2, 0.25) is 0 Å². The molecule has 2 aliphatic rings. The normalized spacial score (nSPS) is 27.7. The maximum atomic E-state index is 13.0. The minimum absolute atomic E-state index is 0.0582. The average Bonchev–Trinajstić information content (AvgIpc) is 3.27. The van der Waals surface area contributed by atoms with Gasteiger partial charge in [0, 0.05) is 19.0 Å². The van der Waals surface area contributed by atoms with Crippen LogP contribution in [0.5, 0.6) is 0 Å². The third-order valence-corrected chi connectivity index (χ3v) is 4.58. The molecule has 0 unspecified atom stereocenters. The Morgan fingerprint density at radius 1 is 1.32 bits per heavy atom. The van der Waals surface area contributed by atoms with Crippen LogP contribution in [0.15, 0.2) is 24.3 Å². The van der Waals surface area contributed by atoms with Crippen molar-refractivity contribution in [2.75, 3.05) is 13.1 Å². The first-order valence-corrected chi connectivity index (χ1v) is 7.82. The van der Waals surface area contributed by atoms with E-state index < -0.39 is 0 Å². The fourth-order valence-corrected chi connectivity index (χ4v) is 3.35. The molecule has 118 valence electrons. The van der Waals surface area contributed by atoms with Crippen LogP contribution in [0.3, 0.4) is 0 Å². The number of piperazine rings is 1. The number of carbonyl (C=O) groups is 2. The van der Waals surface area contributed by atoms with E-state index in [0.717, 1.165) is 12.0 Å². The number of halogens is 1. The number of hydrogen-bond acceptors (Lipinski definition) is 2. The number of amides is 2. The van der Waals surface area contributed by atoms with E-state index in [1.165, 1.54) is 12.1 Å². The molecule has 1 saturated carbocycles. The van der Waals surface area contributed by atoms with Crippen LogP contribution in [0, 0.1) is 17.7 Å². The first-order valence-electron chi connectivity index (χ1n) is 7.82. The molecule has 1 saturated heterocycles. The van der Waals surface area contributed by atoms with Crippen LogP contribution in [0.25, 0.3) is 0 Å². The van der Waals surface area contributed by atoms with Crippen LogP contribution in [0.1, 0.15) is 31.7 Å². The average molecular weight is 304 g/mol. The molecule has 1 N–H and O–H groups in total. The lowest BCUT2D eigenvalue weighted by Crippen LogP contribution is -2.59. The predicted molar refractivity (Wildman–Crippen MR) is 80.6 cm³/mol. The summed E-state index contributed by atoms with van der Waals surface area (Å²) in [5, 5.41) is 2.83. The molecule has 0 radical (unpaired) electrons. The van der Waals surface area contributed by atoms with Gasteiger partial charge in [-0.2, -0.15) is 0 Å². The third kappa shape index (κ3) is 2.72. The molecule has 4 nitrogen and oxygen atoms in total. The van der Waals surface area contributed by atoms with E-state index >= 15 is 0 Å². The van der Waals surface area contributed by atoms with E-state index in [-0.39, 0.29) is 41.4 Å². The molecule has 3 rings (SSSR count). The molecular formula is C17H21FN2O2. The van der Waals surface area contributed by atoms with Gasteiger partial charge in [0.05, 0.1) is 0 Å². The molecule has 1 aliphatic carbocycles. The first-order chi connectivity index (χ1) is 10.5. The van der Waals surface area contributed by atoms with E-state index in [0.29, 0.717) is 13.1 Å². The number of nitrogens with one attached hydrogen (secondary N) is 1. The zero-order chi connectivity index (χ0) is 15.9. The Morgan fingerprint density at radius 3 is 2.64 bits per heavy atom. The number of benzene rings is 1. The second-order valence-corrected chi connectivity index (χ2v) is 6.51. The molecule has 3 atom stereocenters. The van der Waals surface area contributed by atoms with Gasteiger partial charge in [0.15, 0.2) is 0 Å². The van der Waals surface area contributed by atoms with Crippen molar-refractivity contribution in [3.8, 4) is 0 Å². The number of hydrogen-bond donors (Lipinski definition) is 1. The van der Waals surface area contributed by atoms with E-state index in [4.69, 9.17) is 0 Å². The van der Waals surface area contributed by atoms with Gasteiger partial charge in [-0.25, -0.2) is 4.39 Å². The minimum atomic E-state index is -0.379. The highest BCUT2D eigenvalue weighted by Crippen LogP contribution is 2.48. The quantitative estimate of drug-likeness (QED) is 0.927. The number of rotatable bonds is 3. The summed E-state index contributed by atoms with van der Waals surface area (Å²) in [7, 11) is 0. The van der Waals surface area contributed by atoms with Crippen molar-refractivity contribution in [3.05, 3.63) is 35.6 Å². The van der Waals surface area contributed by atoms with Gasteiger partial charge in [-0.05, 0) is 36.0 Å². The highest BCUT2D eigenvalue weighted by molar-refractivity contribution is 5.91. The standard InChI is InChI=1S/C17H21FN2O2/c1-10(2)15-16(21)19-7-8-20(15)17(22)14-9-13(14)11-3-5-12(18)6-4-11/h3-6,10,13-15H,7-9H2,1-2H3,(H,19,21)/t13-,14+,15+/m0/s1. The fraction of sp³-hybridized carbons (Fsp3) is 0.529. The highest BCUT2D eigenvalue weighted by Gasteiger charge is 2.48. The maximum absolute atomic E-state index is 13.0. The van der Waals surface area contributed by atoms with Crippen molar-refractivity contribution >= 4 is 11.8 Å². The van der Waals surface area contributed by atoms with E-state index in [1.807, 2.05) is 13.8 Å². The molecule has 1 heterocycles. The lowest BCUT2D eigenvalue weighted by atomic mass is 9.98. The van der Waals surface area contributed by atoms with Gasteiger partial charge in [-0.15, -0.1) is 0 Å². The molecule has 0 bridgehead atoms. The predicted octanol–water partition coefficient (Wildman–Crippen LogP) is 1.91. The third-order valence-electron chi connectivity index (χ3n) is 4.58. The Hall–Kier alpha value is -1.91. The molecular weight excluding hydrogens is 283 g/mol. The van der Waals surface area contributed by atoms with E-state index in [9.17, 15) is 14.0 Å². The van der Waals surface area contributed by atoms with Gasteiger partial charge >= 0.3 is 0 Å². The Morgan fingerprint density at radius 2 is 2.00 bits per heavy atom. The Kier molecular flexibility index (Phi) is 3.89. The molecule has 5 heteroatoms. The van der Waals surface area contributed by atoms with Crippen LogP contribution >= 0.6 is 0 Å². The van der Waals surface area contributed by atoms with Crippen molar-refractivity contribution in [1.29, 1.82) is 0 Å². The van der Waals surface area contributed by atoms with Crippen LogP contribution < -0.4 is 5.32 Å². The summed E-state index contributed by atoms with van der Waals surface area (Å²) in [6.45, 7) is 5.00. The summed E-state index contributed by atoms with van der Waals surface area (Å²) in [4.78, 5) is 26.5. The Balaban J connectivity index is 1.72. The van der Waals surface area contributed by atoms with Gasteiger partial charge in [-0.1, -0.05) is 26.0 Å². The summed E-state index contributed by atoms with van der Waals surface area (Å²) in [5.41, 5.74) is 1.00. The van der Waals surface area contributed by atoms with Crippen molar-refractivity contribution in [1.82, 2.24) is 10.2 Å².